The highest BCUT2D eigenvalue weighted by atomic mass is 16.5. The second kappa shape index (κ2) is 17.7. The molecule has 1 aliphatic heterocycles. The van der Waals surface area contributed by atoms with Gasteiger partial charge in [0.15, 0.2) is 34.9 Å². The fourth-order valence-electron chi connectivity index (χ4n) is 10.9. The first-order valence-corrected chi connectivity index (χ1v) is 24.8. The molecule has 0 radical (unpaired) electrons. The summed E-state index contributed by atoms with van der Waals surface area (Å²) in [6, 6.07) is 88.0. The Bertz CT molecular complexity index is 3870. The van der Waals surface area contributed by atoms with E-state index in [9.17, 15) is 0 Å². The number of benzene rings is 10. The van der Waals surface area contributed by atoms with Gasteiger partial charge in [0.1, 0.15) is 11.5 Å². The normalized spacial score (nSPS) is 12.5. The summed E-state index contributed by atoms with van der Waals surface area (Å²) in [7, 11) is 0. The Hall–Kier alpha value is -9.98. The van der Waals surface area contributed by atoms with Crippen molar-refractivity contribution in [1.82, 2.24) is 29.9 Å². The zero-order valence-corrected chi connectivity index (χ0v) is 39.8. The van der Waals surface area contributed by atoms with Crippen molar-refractivity contribution in [3.63, 3.8) is 0 Å². The molecule has 0 saturated heterocycles. The van der Waals surface area contributed by atoms with Crippen LogP contribution in [-0.4, -0.2) is 29.9 Å². The third-order valence-corrected chi connectivity index (χ3v) is 14.3. The molecule has 14 rings (SSSR count). The number of ether oxygens (including phenoxy) is 1. The highest BCUT2D eigenvalue weighted by molar-refractivity contribution is 5.95. The first kappa shape index (κ1) is 42.9. The minimum atomic E-state index is -0.901. The summed E-state index contributed by atoms with van der Waals surface area (Å²) < 4.78 is 6.85. The molecule has 12 aromatic rings. The molecule has 7 heteroatoms. The van der Waals surface area contributed by atoms with Crippen LogP contribution in [0, 0.1) is 0 Å². The molecule has 2 aliphatic rings. The summed E-state index contributed by atoms with van der Waals surface area (Å²) in [5.74, 6) is 5.04. The first-order chi connectivity index (χ1) is 36.7. The maximum Gasteiger partial charge on any atom is 0.164 e. The number of hydrogen-bond acceptors (Lipinski definition) is 7. The molecular formula is C67H42N6O. The van der Waals surface area contributed by atoms with E-state index in [1.54, 1.807) is 0 Å². The molecule has 1 spiro atoms. The van der Waals surface area contributed by atoms with Gasteiger partial charge in [0.25, 0.3) is 0 Å². The van der Waals surface area contributed by atoms with Gasteiger partial charge in [-0.2, -0.15) is 0 Å². The van der Waals surface area contributed by atoms with Gasteiger partial charge in [-0.1, -0.05) is 237 Å². The molecule has 0 fully saturated rings. The summed E-state index contributed by atoms with van der Waals surface area (Å²) in [6.07, 6.45) is 0. The highest BCUT2D eigenvalue weighted by Gasteiger charge is 2.52. The number of para-hydroxylation sites is 2. The second-order valence-electron chi connectivity index (χ2n) is 18.6. The van der Waals surface area contributed by atoms with Crippen LogP contribution in [0.15, 0.2) is 255 Å². The summed E-state index contributed by atoms with van der Waals surface area (Å²) in [5, 5.41) is 0. The van der Waals surface area contributed by atoms with E-state index in [2.05, 4.69) is 170 Å². The van der Waals surface area contributed by atoms with Gasteiger partial charge in [-0.05, 0) is 62.7 Å². The largest absolute Gasteiger partial charge is 0.457 e. The van der Waals surface area contributed by atoms with Crippen molar-refractivity contribution < 1.29 is 4.74 Å². The van der Waals surface area contributed by atoms with E-state index in [1.165, 1.54) is 0 Å². The number of aromatic nitrogens is 6. The lowest BCUT2D eigenvalue weighted by Gasteiger charge is -2.40. The van der Waals surface area contributed by atoms with Gasteiger partial charge in [0.2, 0.25) is 0 Å². The van der Waals surface area contributed by atoms with Crippen LogP contribution in [0.5, 0.6) is 11.5 Å². The zero-order valence-electron chi connectivity index (χ0n) is 39.8. The Morgan fingerprint density at radius 2 is 0.568 bits per heavy atom. The highest BCUT2D eigenvalue weighted by Crippen LogP contribution is 2.64. The molecule has 346 valence electrons. The average molecular weight is 947 g/mol. The van der Waals surface area contributed by atoms with E-state index in [0.717, 1.165) is 101 Å². The lowest BCUT2D eigenvalue weighted by atomic mass is 9.65. The third kappa shape index (κ3) is 7.21. The van der Waals surface area contributed by atoms with E-state index >= 15 is 0 Å². The Balaban J connectivity index is 1.00. The fourth-order valence-corrected chi connectivity index (χ4v) is 10.9. The smallest absolute Gasteiger partial charge is 0.164 e. The van der Waals surface area contributed by atoms with E-state index in [1.807, 2.05) is 84.9 Å². The molecule has 3 heterocycles. The van der Waals surface area contributed by atoms with Gasteiger partial charge in [-0.25, -0.2) is 29.9 Å². The van der Waals surface area contributed by atoms with Crippen LogP contribution < -0.4 is 4.74 Å². The topological polar surface area (TPSA) is 86.6 Å². The molecule has 0 amide bonds. The SMILES string of the molecule is c1ccc(-c2ccc(-c3nc(-c4ccc(-c5ccccc5)cc4)nc(-c4cccc5c4C4(c6ccccc6Oc6ccccc64)c4cc(-c6nc(-c7ccccc7)nc(-c7ccccc7)n6)ccc4-5)n3)cc2)cc1. The molecule has 0 unspecified atom stereocenters. The molecule has 7 nitrogen and oxygen atoms in total. The van der Waals surface area contributed by atoms with Gasteiger partial charge in [0, 0.05) is 44.5 Å². The minimum Gasteiger partial charge on any atom is -0.457 e. The summed E-state index contributed by atoms with van der Waals surface area (Å²) in [4.78, 5) is 31.6. The van der Waals surface area contributed by atoms with E-state index in [0.29, 0.717) is 34.9 Å². The molecule has 2 aromatic heterocycles. The Morgan fingerprint density at radius 1 is 0.230 bits per heavy atom. The molecule has 0 saturated carbocycles. The molecule has 0 atom stereocenters. The quantitative estimate of drug-likeness (QED) is 0.150. The van der Waals surface area contributed by atoms with Crippen LogP contribution in [0.25, 0.3) is 102 Å². The van der Waals surface area contributed by atoms with E-state index in [-0.39, 0.29) is 0 Å². The van der Waals surface area contributed by atoms with Gasteiger partial charge < -0.3 is 4.74 Å². The minimum absolute atomic E-state index is 0.562. The summed E-state index contributed by atoms with van der Waals surface area (Å²) in [6.45, 7) is 0. The Kier molecular flexibility index (Phi) is 10.3. The van der Waals surface area contributed by atoms with Crippen molar-refractivity contribution in [1.29, 1.82) is 0 Å². The van der Waals surface area contributed by atoms with Crippen molar-refractivity contribution in [2.45, 2.75) is 5.41 Å². The van der Waals surface area contributed by atoms with Crippen molar-refractivity contribution in [2.24, 2.45) is 0 Å². The van der Waals surface area contributed by atoms with Crippen molar-refractivity contribution in [3.8, 4) is 113 Å². The molecule has 74 heavy (non-hydrogen) atoms. The molecular weight excluding hydrogens is 905 g/mol. The van der Waals surface area contributed by atoms with Gasteiger partial charge >= 0.3 is 0 Å². The van der Waals surface area contributed by atoms with Gasteiger partial charge in [0.05, 0.1) is 5.41 Å². The number of nitrogens with zero attached hydrogens (tertiary/aromatic N) is 6. The van der Waals surface area contributed by atoms with Crippen molar-refractivity contribution in [2.75, 3.05) is 0 Å². The number of rotatable bonds is 8. The zero-order chi connectivity index (χ0) is 49.0. The van der Waals surface area contributed by atoms with Crippen LogP contribution >= 0.6 is 0 Å². The van der Waals surface area contributed by atoms with E-state index in [4.69, 9.17) is 34.6 Å². The van der Waals surface area contributed by atoms with Crippen LogP contribution in [0.2, 0.25) is 0 Å². The van der Waals surface area contributed by atoms with Gasteiger partial charge in [-0.15, -0.1) is 0 Å². The van der Waals surface area contributed by atoms with Crippen LogP contribution in [-0.2, 0) is 5.41 Å². The average Bonchev–Trinajstić information content (AvgIpc) is 3.84. The predicted molar refractivity (Wildman–Crippen MR) is 294 cm³/mol. The molecule has 0 N–H and O–H groups in total. The lowest BCUT2D eigenvalue weighted by Crippen LogP contribution is -2.32. The summed E-state index contributed by atoms with van der Waals surface area (Å²) >= 11 is 0. The lowest BCUT2D eigenvalue weighted by molar-refractivity contribution is 0.436. The van der Waals surface area contributed by atoms with Crippen LogP contribution in [0.3, 0.4) is 0 Å². The van der Waals surface area contributed by atoms with Crippen LogP contribution in [0.4, 0.5) is 0 Å². The summed E-state index contributed by atoms with van der Waals surface area (Å²) in [5.41, 5.74) is 15.2. The number of fused-ring (bicyclic) bond motifs is 9. The number of hydrogen-bond donors (Lipinski definition) is 0. The Morgan fingerprint density at radius 3 is 1.04 bits per heavy atom. The Labute approximate surface area is 428 Å². The molecule has 0 bridgehead atoms. The molecule has 1 aliphatic carbocycles. The molecule has 10 aromatic carbocycles. The first-order valence-electron chi connectivity index (χ1n) is 24.8. The van der Waals surface area contributed by atoms with E-state index < -0.39 is 5.41 Å². The third-order valence-electron chi connectivity index (χ3n) is 14.3. The fraction of sp³-hybridized carbons (Fsp3) is 0.0149. The van der Waals surface area contributed by atoms with Crippen molar-refractivity contribution in [3.05, 3.63) is 277 Å². The monoisotopic (exact) mass is 946 g/mol. The second-order valence-corrected chi connectivity index (χ2v) is 18.6. The standard InChI is InChI=1S/C67H42N6O/c1-5-18-43(19-6-1)45-32-36-49(37-33-45)63-69-64(50-38-34-46(35-39-50)44-20-7-2-8-21-44)73-66(72-63)54-27-17-26-53-52-41-40-51(65-70-61(47-22-9-3-10-23-47)68-62(71-65)48-24-11-4-12-25-48)42-57(52)67(60(53)54)55-28-13-15-30-58(55)74-59-31-16-14-29-56(59)67/h1-42H. The predicted octanol–water partition coefficient (Wildman–Crippen LogP) is 15.9. The maximum absolute atomic E-state index is 6.85. The van der Waals surface area contributed by atoms with Gasteiger partial charge in [-0.3, -0.25) is 0 Å². The van der Waals surface area contributed by atoms with Crippen LogP contribution in [0.1, 0.15) is 22.3 Å². The van der Waals surface area contributed by atoms with Crippen molar-refractivity contribution >= 4 is 0 Å². The maximum atomic E-state index is 6.85.